The first-order chi connectivity index (χ1) is 22.0. The Morgan fingerprint density at radius 2 is 1.66 bits per heavy atom. The molecular weight excluding hydrogens is 600 g/mol. The van der Waals surface area contributed by atoms with Crippen molar-refractivity contribution in [3.05, 3.63) is 69.5 Å². The first kappa shape index (κ1) is 32.8. The van der Waals surface area contributed by atoms with Crippen LogP contribution in [0, 0.1) is 11.8 Å². The van der Waals surface area contributed by atoms with Gasteiger partial charge in [0.1, 0.15) is 45.5 Å². The number of fused-ring (bicyclic) bond motifs is 2. The Labute approximate surface area is 275 Å². The Kier molecular flexibility index (Phi) is 7.66. The highest BCUT2D eigenvalue weighted by molar-refractivity contribution is 6.19. The maximum atomic E-state index is 14.8. The monoisotopic (exact) mass is 644 g/mol. The number of ether oxygens (including phenoxy) is 4. The van der Waals surface area contributed by atoms with Crippen LogP contribution in [0.15, 0.2) is 52.9 Å². The summed E-state index contributed by atoms with van der Waals surface area (Å²) in [6.07, 6.45) is 10.9. The van der Waals surface area contributed by atoms with E-state index < -0.39 is 45.8 Å². The second-order valence-corrected chi connectivity index (χ2v) is 14.8. The molecule has 5 atom stereocenters. The topological polar surface area (TPSA) is 129 Å². The minimum Gasteiger partial charge on any atom is -0.507 e. The van der Waals surface area contributed by atoms with Gasteiger partial charge < -0.3 is 29.2 Å². The van der Waals surface area contributed by atoms with Crippen molar-refractivity contribution in [2.24, 2.45) is 11.8 Å². The van der Waals surface area contributed by atoms with Crippen LogP contribution in [0.4, 0.5) is 0 Å². The molecule has 47 heavy (non-hydrogen) atoms. The number of aliphatic hydroxyl groups excluding tert-OH is 1. The molecule has 250 valence electrons. The van der Waals surface area contributed by atoms with Crippen molar-refractivity contribution in [3.8, 4) is 17.2 Å². The molecule has 1 aromatic carbocycles. The largest absolute Gasteiger partial charge is 0.507 e. The molecule has 2 fully saturated rings. The third-order valence-corrected chi connectivity index (χ3v) is 10.4. The summed E-state index contributed by atoms with van der Waals surface area (Å²) in [6, 6.07) is 0. The molecule has 0 amide bonds. The van der Waals surface area contributed by atoms with Crippen LogP contribution in [0.5, 0.6) is 17.2 Å². The Hall–Kier alpha value is -4.11. The summed E-state index contributed by atoms with van der Waals surface area (Å²) in [5, 5.41) is 23.2. The number of Topliss-reactive ketones (excluding diaryl/α,β-unsaturated/α-hetero) is 2. The Morgan fingerprint density at radius 3 is 2.32 bits per heavy atom. The molecule has 4 bridgehead atoms. The molecule has 3 aliphatic carbocycles. The fourth-order valence-electron chi connectivity index (χ4n) is 8.34. The predicted octanol–water partition coefficient (Wildman–Crippen LogP) is 7.17. The minimum atomic E-state index is -1.60. The highest BCUT2D eigenvalue weighted by atomic mass is 16.6. The molecule has 2 N–H and O–H groups in total. The van der Waals surface area contributed by atoms with E-state index >= 15 is 0 Å². The van der Waals surface area contributed by atoms with Gasteiger partial charge in [0.05, 0.1) is 5.60 Å². The highest BCUT2D eigenvalue weighted by Crippen LogP contribution is 2.68. The number of carbonyl (C=O) groups excluding carboxylic acids is 3. The van der Waals surface area contributed by atoms with E-state index in [1.807, 2.05) is 54.5 Å². The SMILES string of the molecule is CC(C)=CCC[C@]1(C)C=C(O)c2c(O)c3c(c(CC=C(C)C)c2O1)O[C@]12C(=CC4CC1C(C)(C)OC2(C/C=C(/C)OC=O)C4=O)C3=O. The number of allylic oxidation sites excluding steroid dienone is 6. The van der Waals surface area contributed by atoms with Gasteiger partial charge in [-0.1, -0.05) is 29.4 Å². The van der Waals surface area contributed by atoms with Crippen LogP contribution in [-0.2, 0) is 25.5 Å². The molecule has 1 spiro atoms. The number of phenols is 1. The van der Waals surface area contributed by atoms with Gasteiger partial charge >= 0.3 is 0 Å². The van der Waals surface area contributed by atoms with Gasteiger partial charge in [0.15, 0.2) is 22.8 Å². The molecule has 9 nitrogen and oxygen atoms in total. The summed E-state index contributed by atoms with van der Waals surface area (Å²) in [7, 11) is 0. The number of carbonyl (C=O) groups is 3. The Morgan fingerprint density at radius 1 is 0.979 bits per heavy atom. The van der Waals surface area contributed by atoms with Gasteiger partial charge in [-0.15, -0.1) is 0 Å². The van der Waals surface area contributed by atoms with Crippen LogP contribution >= 0.6 is 0 Å². The van der Waals surface area contributed by atoms with Gasteiger partial charge in [-0.2, -0.15) is 0 Å². The summed E-state index contributed by atoms with van der Waals surface area (Å²) >= 11 is 0. The zero-order valence-corrected chi connectivity index (χ0v) is 28.4. The molecule has 3 heterocycles. The Balaban J connectivity index is 1.60. The molecule has 6 aliphatic rings. The summed E-state index contributed by atoms with van der Waals surface area (Å²) in [5.41, 5.74) is -2.02. The van der Waals surface area contributed by atoms with Crippen LogP contribution in [0.1, 0.15) is 103 Å². The molecule has 3 aliphatic heterocycles. The molecule has 1 saturated heterocycles. The van der Waals surface area contributed by atoms with Crippen LogP contribution in [0.25, 0.3) is 5.76 Å². The van der Waals surface area contributed by atoms with Crippen LogP contribution in [0.3, 0.4) is 0 Å². The van der Waals surface area contributed by atoms with Crippen LogP contribution < -0.4 is 9.47 Å². The first-order valence-corrected chi connectivity index (χ1v) is 16.3. The Bertz CT molecular complexity index is 1750. The lowest BCUT2D eigenvalue weighted by atomic mass is 9.51. The summed E-state index contributed by atoms with van der Waals surface area (Å²) in [5.74, 6) is -1.63. The van der Waals surface area contributed by atoms with E-state index in [1.54, 1.807) is 25.2 Å². The fraction of sp³-hybridized carbons (Fsp3) is 0.500. The normalized spacial score (nSPS) is 30.9. The third-order valence-electron chi connectivity index (χ3n) is 10.4. The van der Waals surface area contributed by atoms with E-state index in [9.17, 15) is 24.6 Å². The maximum Gasteiger partial charge on any atom is 0.298 e. The van der Waals surface area contributed by atoms with E-state index in [4.69, 9.17) is 18.9 Å². The standard InChI is InChI=1S/C38H44O9/c1-20(2)10-9-14-36(8)18-26(40)28-31(42)29-30(41)25-16-23-17-27-35(6,7)47-37(34(23)43,15-13-22(5)44-19-39)38(25,27)46-33(29)24(32(28)45-36)12-11-21(3)4/h10-11,13,16,18-19,23,27,40,42H,9,12,14-15,17H2,1-8H3/b22-13-/t23?,27?,36-,37?,38-/m1/s1. The molecule has 3 unspecified atom stereocenters. The fourth-order valence-corrected chi connectivity index (χ4v) is 8.34. The molecule has 1 saturated carbocycles. The van der Waals surface area contributed by atoms with E-state index in [-0.39, 0.29) is 58.3 Å². The maximum absolute atomic E-state index is 14.8. The van der Waals surface area contributed by atoms with Crippen molar-refractivity contribution in [2.75, 3.05) is 0 Å². The van der Waals surface area contributed by atoms with Gasteiger partial charge in [-0.25, -0.2) is 0 Å². The second-order valence-electron chi connectivity index (χ2n) is 14.8. The average Bonchev–Trinajstić information content (AvgIpc) is 3.12. The number of benzene rings is 1. The van der Waals surface area contributed by atoms with E-state index in [1.165, 1.54) is 0 Å². The average molecular weight is 645 g/mol. The molecule has 9 heteroatoms. The van der Waals surface area contributed by atoms with Crippen molar-refractivity contribution in [1.82, 2.24) is 0 Å². The van der Waals surface area contributed by atoms with E-state index in [0.29, 0.717) is 31.3 Å². The summed E-state index contributed by atoms with van der Waals surface area (Å²) in [6.45, 7) is 15.6. The lowest BCUT2D eigenvalue weighted by Crippen LogP contribution is -2.72. The van der Waals surface area contributed by atoms with Gasteiger partial charge in [-0.05, 0) is 87.1 Å². The lowest BCUT2D eigenvalue weighted by Gasteiger charge is -2.56. The van der Waals surface area contributed by atoms with Gasteiger partial charge in [-0.3, -0.25) is 14.4 Å². The van der Waals surface area contributed by atoms with Crippen LogP contribution in [0.2, 0.25) is 0 Å². The number of aliphatic hydroxyl groups is 1. The van der Waals surface area contributed by atoms with Crippen molar-refractivity contribution >= 4 is 23.8 Å². The number of aromatic hydroxyl groups is 1. The first-order valence-electron chi connectivity index (χ1n) is 16.3. The van der Waals surface area contributed by atoms with Crippen molar-refractivity contribution in [1.29, 1.82) is 0 Å². The number of phenolic OH excluding ortho intramolecular Hbond substituents is 1. The van der Waals surface area contributed by atoms with Crippen LogP contribution in [-0.4, -0.2) is 50.7 Å². The number of hydrogen-bond acceptors (Lipinski definition) is 9. The van der Waals surface area contributed by atoms with Crippen molar-refractivity contribution in [3.63, 3.8) is 0 Å². The lowest BCUT2D eigenvalue weighted by molar-refractivity contribution is -0.171. The summed E-state index contributed by atoms with van der Waals surface area (Å²) < 4.78 is 25.6. The molecule has 1 aromatic rings. The van der Waals surface area contributed by atoms with Gasteiger partial charge in [0.2, 0.25) is 0 Å². The zero-order valence-electron chi connectivity index (χ0n) is 28.4. The number of hydrogen-bond donors (Lipinski definition) is 2. The van der Waals surface area contributed by atoms with E-state index in [2.05, 4.69) is 6.08 Å². The number of ketones is 2. The molecule has 7 rings (SSSR count). The van der Waals surface area contributed by atoms with Crippen molar-refractivity contribution < 1.29 is 43.5 Å². The molecule has 0 radical (unpaired) electrons. The summed E-state index contributed by atoms with van der Waals surface area (Å²) in [4.78, 5) is 40.2. The zero-order chi connectivity index (χ0) is 34.3. The second kappa shape index (κ2) is 11.0. The molecule has 0 aromatic heterocycles. The minimum absolute atomic E-state index is 0.00454. The highest BCUT2D eigenvalue weighted by Gasteiger charge is 2.81. The molecular formula is C38H44O9. The number of rotatable bonds is 9. The quantitative estimate of drug-likeness (QED) is 0.163. The predicted molar refractivity (Wildman–Crippen MR) is 175 cm³/mol. The smallest absolute Gasteiger partial charge is 0.298 e. The van der Waals surface area contributed by atoms with Gasteiger partial charge in [0, 0.05) is 35.5 Å². The third kappa shape index (κ3) is 4.72. The van der Waals surface area contributed by atoms with Gasteiger partial charge in [0.25, 0.3) is 6.47 Å². The van der Waals surface area contributed by atoms with E-state index in [0.717, 1.165) is 11.1 Å². The van der Waals surface area contributed by atoms with Crippen molar-refractivity contribution in [2.45, 2.75) is 110 Å².